The zero-order chi connectivity index (χ0) is 18.6. The molecule has 1 atom stereocenters. The molecule has 1 aliphatic heterocycles. The molecular weight excluding hydrogens is 358 g/mol. The van der Waals surface area contributed by atoms with Gasteiger partial charge < -0.3 is 10.6 Å². The highest BCUT2D eigenvalue weighted by Crippen LogP contribution is 2.29. The van der Waals surface area contributed by atoms with Crippen LogP contribution in [0.3, 0.4) is 0 Å². The Morgan fingerprint density at radius 3 is 2.67 bits per heavy atom. The first-order valence-corrected chi connectivity index (χ1v) is 9.64. The molecule has 3 heterocycles. The number of benzene rings is 1. The van der Waals surface area contributed by atoms with Crippen LogP contribution in [0.2, 0.25) is 5.02 Å². The monoisotopic (exact) mass is 379 g/mol. The molecule has 1 fully saturated rings. The van der Waals surface area contributed by atoms with E-state index >= 15 is 0 Å². The first-order chi connectivity index (χ1) is 13.2. The van der Waals surface area contributed by atoms with Crippen LogP contribution in [-0.2, 0) is 0 Å². The molecule has 5 nitrogen and oxygen atoms in total. The van der Waals surface area contributed by atoms with E-state index in [-0.39, 0.29) is 0 Å². The van der Waals surface area contributed by atoms with Gasteiger partial charge in [-0.3, -0.25) is 4.98 Å². The van der Waals surface area contributed by atoms with Crippen molar-refractivity contribution in [3.63, 3.8) is 0 Å². The first-order valence-electron chi connectivity index (χ1n) is 9.27. The normalized spacial score (nSPS) is 17.1. The van der Waals surface area contributed by atoms with Gasteiger partial charge in [-0.05, 0) is 43.5 Å². The van der Waals surface area contributed by atoms with Crippen molar-refractivity contribution < 1.29 is 0 Å². The van der Waals surface area contributed by atoms with E-state index in [4.69, 9.17) is 27.3 Å². The average molecular weight is 380 g/mol. The van der Waals surface area contributed by atoms with Crippen LogP contribution in [0.5, 0.6) is 0 Å². The summed E-state index contributed by atoms with van der Waals surface area (Å²) in [6.07, 6.45) is 7.00. The van der Waals surface area contributed by atoms with Crippen LogP contribution in [0.1, 0.15) is 19.3 Å². The lowest BCUT2D eigenvalue weighted by atomic mass is 10.0. The molecule has 6 heteroatoms. The average Bonchev–Trinajstić information content (AvgIpc) is 2.74. The van der Waals surface area contributed by atoms with Gasteiger partial charge in [0.2, 0.25) is 0 Å². The molecule has 0 saturated carbocycles. The van der Waals surface area contributed by atoms with Gasteiger partial charge in [-0.15, -0.1) is 0 Å². The van der Waals surface area contributed by atoms with Crippen LogP contribution in [-0.4, -0.2) is 34.1 Å². The summed E-state index contributed by atoms with van der Waals surface area (Å²) in [5.41, 5.74) is 8.82. The van der Waals surface area contributed by atoms with Gasteiger partial charge in [0.15, 0.2) is 5.82 Å². The second-order valence-electron chi connectivity index (χ2n) is 6.76. The van der Waals surface area contributed by atoms with Crippen molar-refractivity contribution in [1.29, 1.82) is 0 Å². The number of aromatic nitrogens is 3. The van der Waals surface area contributed by atoms with Crippen molar-refractivity contribution >= 4 is 17.4 Å². The van der Waals surface area contributed by atoms with Crippen LogP contribution < -0.4 is 10.6 Å². The summed E-state index contributed by atoms with van der Waals surface area (Å²) < 4.78 is 0. The van der Waals surface area contributed by atoms with Gasteiger partial charge in [0.1, 0.15) is 5.82 Å². The first kappa shape index (κ1) is 17.9. The van der Waals surface area contributed by atoms with Gasteiger partial charge in [0.25, 0.3) is 0 Å². The Bertz CT molecular complexity index is 898. The molecule has 3 aromatic rings. The van der Waals surface area contributed by atoms with E-state index < -0.39 is 0 Å². The topological polar surface area (TPSA) is 67.9 Å². The number of piperidine rings is 1. The van der Waals surface area contributed by atoms with Gasteiger partial charge in [-0.2, -0.15) is 0 Å². The third kappa shape index (κ3) is 3.94. The number of rotatable bonds is 4. The number of hydrogen-bond acceptors (Lipinski definition) is 5. The predicted octanol–water partition coefficient (Wildman–Crippen LogP) is 4.18. The van der Waals surface area contributed by atoms with Gasteiger partial charge in [0, 0.05) is 53.7 Å². The zero-order valence-corrected chi connectivity index (χ0v) is 15.8. The fraction of sp³-hybridized carbons (Fsp3) is 0.286. The highest BCUT2D eigenvalue weighted by atomic mass is 35.5. The molecule has 0 aliphatic carbocycles. The minimum absolute atomic E-state index is 0.313. The third-order valence-electron chi connectivity index (χ3n) is 4.97. The highest BCUT2D eigenvalue weighted by molar-refractivity contribution is 6.30. The fourth-order valence-electron chi connectivity index (χ4n) is 3.52. The van der Waals surface area contributed by atoms with E-state index in [9.17, 15) is 0 Å². The van der Waals surface area contributed by atoms with Crippen molar-refractivity contribution in [2.45, 2.75) is 25.3 Å². The van der Waals surface area contributed by atoms with Gasteiger partial charge in [0.05, 0.1) is 5.69 Å². The standard InChI is InChI=1S/C21H22ClN5/c22-17-8-6-15(7-9-17)19-12-20(27-11-2-1-5-18(27)13-23)26-21(25-19)16-4-3-10-24-14-16/h3-4,6-10,12,14,18H,1-2,5,11,13,23H2. The third-order valence-corrected chi connectivity index (χ3v) is 5.22. The Morgan fingerprint density at radius 2 is 1.93 bits per heavy atom. The molecule has 1 aromatic carbocycles. The van der Waals surface area contributed by atoms with Crippen molar-refractivity contribution in [3.8, 4) is 22.6 Å². The van der Waals surface area contributed by atoms with Crippen LogP contribution in [0, 0.1) is 0 Å². The quantitative estimate of drug-likeness (QED) is 0.736. The number of hydrogen-bond donors (Lipinski definition) is 1. The number of halogens is 1. The van der Waals surface area contributed by atoms with Crippen molar-refractivity contribution in [3.05, 3.63) is 59.9 Å². The maximum Gasteiger partial charge on any atom is 0.163 e. The molecule has 0 bridgehead atoms. The maximum absolute atomic E-state index is 6.05. The predicted molar refractivity (Wildman–Crippen MR) is 110 cm³/mol. The van der Waals surface area contributed by atoms with Crippen molar-refractivity contribution in [2.24, 2.45) is 5.73 Å². The van der Waals surface area contributed by atoms with E-state index in [0.29, 0.717) is 23.4 Å². The van der Waals surface area contributed by atoms with Crippen LogP contribution in [0.25, 0.3) is 22.6 Å². The number of pyridine rings is 1. The molecule has 1 aliphatic rings. The second-order valence-corrected chi connectivity index (χ2v) is 7.20. The number of nitrogens with two attached hydrogens (primary N) is 1. The van der Waals surface area contributed by atoms with E-state index in [1.54, 1.807) is 12.4 Å². The molecule has 4 rings (SSSR count). The second kappa shape index (κ2) is 8.03. The molecular formula is C21H22ClN5. The summed E-state index contributed by atoms with van der Waals surface area (Å²) in [5.74, 6) is 1.59. The molecule has 1 saturated heterocycles. The Labute approximate surface area is 164 Å². The summed E-state index contributed by atoms with van der Waals surface area (Å²) in [5, 5.41) is 0.708. The summed E-state index contributed by atoms with van der Waals surface area (Å²) in [6.45, 7) is 1.59. The summed E-state index contributed by atoms with van der Waals surface area (Å²) in [7, 11) is 0. The van der Waals surface area contributed by atoms with Crippen molar-refractivity contribution in [2.75, 3.05) is 18.0 Å². The lowest BCUT2D eigenvalue weighted by Gasteiger charge is -2.36. The minimum Gasteiger partial charge on any atom is -0.352 e. The fourth-order valence-corrected chi connectivity index (χ4v) is 3.65. The van der Waals surface area contributed by atoms with Crippen LogP contribution in [0.4, 0.5) is 5.82 Å². The molecule has 2 aromatic heterocycles. The minimum atomic E-state index is 0.313. The zero-order valence-electron chi connectivity index (χ0n) is 15.1. The smallest absolute Gasteiger partial charge is 0.163 e. The highest BCUT2D eigenvalue weighted by Gasteiger charge is 2.23. The maximum atomic E-state index is 6.05. The van der Waals surface area contributed by atoms with Crippen LogP contribution in [0.15, 0.2) is 54.9 Å². The Kier molecular flexibility index (Phi) is 5.32. The molecule has 0 radical (unpaired) electrons. The Hall–Kier alpha value is -2.50. The molecule has 27 heavy (non-hydrogen) atoms. The lowest BCUT2D eigenvalue weighted by molar-refractivity contribution is 0.462. The number of anilines is 1. The Balaban J connectivity index is 1.82. The lowest BCUT2D eigenvalue weighted by Crippen LogP contribution is -2.44. The van der Waals surface area contributed by atoms with Crippen LogP contribution >= 0.6 is 11.6 Å². The van der Waals surface area contributed by atoms with E-state index in [1.807, 2.05) is 36.4 Å². The summed E-state index contributed by atoms with van der Waals surface area (Å²) in [6, 6.07) is 14.0. The molecule has 1 unspecified atom stereocenters. The largest absolute Gasteiger partial charge is 0.352 e. The molecule has 0 amide bonds. The van der Waals surface area contributed by atoms with Gasteiger partial charge in [-0.25, -0.2) is 9.97 Å². The van der Waals surface area contributed by atoms with E-state index in [0.717, 1.165) is 42.0 Å². The number of nitrogens with zero attached hydrogens (tertiary/aromatic N) is 4. The van der Waals surface area contributed by atoms with Gasteiger partial charge >= 0.3 is 0 Å². The Morgan fingerprint density at radius 1 is 1.07 bits per heavy atom. The molecule has 138 valence electrons. The molecule has 2 N–H and O–H groups in total. The molecule has 0 spiro atoms. The summed E-state index contributed by atoms with van der Waals surface area (Å²) >= 11 is 6.05. The van der Waals surface area contributed by atoms with Gasteiger partial charge in [-0.1, -0.05) is 23.7 Å². The summed E-state index contributed by atoms with van der Waals surface area (Å²) in [4.78, 5) is 16.2. The SMILES string of the molecule is NCC1CCCCN1c1cc(-c2ccc(Cl)cc2)nc(-c2cccnc2)n1. The van der Waals surface area contributed by atoms with E-state index in [2.05, 4.69) is 16.0 Å². The van der Waals surface area contributed by atoms with Crippen molar-refractivity contribution in [1.82, 2.24) is 15.0 Å². The van der Waals surface area contributed by atoms with E-state index in [1.165, 1.54) is 6.42 Å².